The molecule has 4 rings (SSSR count). The first-order valence-electron chi connectivity index (χ1n) is 9.47. The highest BCUT2D eigenvalue weighted by Gasteiger charge is 2.25. The van der Waals surface area contributed by atoms with Crippen LogP contribution in [0.2, 0.25) is 0 Å². The average molecular weight is 359 g/mol. The molecule has 0 spiro atoms. The summed E-state index contributed by atoms with van der Waals surface area (Å²) in [6, 6.07) is 8.73. The topological polar surface area (TPSA) is 53.1 Å². The normalized spacial score (nSPS) is 20.1. The lowest BCUT2D eigenvalue weighted by Crippen LogP contribution is -2.48. The van der Waals surface area contributed by atoms with E-state index in [9.17, 15) is 4.79 Å². The Morgan fingerprint density at radius 3 is 2.56 bits per heavy atom. The van der Waals surface area contributed by atoms with Crippen molar-refractivity contribution in [2.45, 2.75) is 57.0 Å². The number of piperidine rings is 1. The molecule has 1 aromatic heterocycles. The van der Waals surface area contributed by atoms with E-state index in [1.807, 2.05) is 28.8 Å². The standard InChI is InChI=1S/C19H26N4OS/c24-18-21-16-8-4-5-9-17(16)23(18)15-10-12-22(13-11-15)19(25)20-14-6-2-1-3-7-14/h4-5,8-9,14-15H,1-3,6-7,10-13H2,(H,20,25)(H,21,24). The van der Waals surface area contributed by atoms with Crippen molar-refractivity contribution < 1.29 is 0 Å². The van der Waals surface area contributed by atoms with Gasteiger partial charge in [-0.3, -0.25) is 4.57 Å². The maximum absolute atomic E-state index is 12.4. The van der Waals surface area contributed by atoms with E-state index in [4.69, 9.17) is 12.2 Å². The summed E-state index contributed by atoms with van der Waals surface area (Å²) in [6.07, 6.45) is 8.36. The fraction of sp³-hybridized carbons (Fsp3) is 0.579. The molecule has 2 aliphatic rings. The number of H-pyrrole nitrogens is 1. The van der Waals surface area contributed by atoms with Crippen LogP contribution in [0.5, 0.6) is 0 Å². The molecule has 0 radical (unpaired) electrons. The third-order valence-corrected chi connectivity index (χ3v) is 6.05. The number of aromatic amines is 1. The van der Waals surface area contributed by atoms with Gasteiger partial charge in [0.1, 0.15) is 0 Å². The number of hydrogen-bond acceptors (Lipinski definition) is 2. The van der Waals surface area contributed by atoms with Gasteiger partial charge in [0.25, 0.3) is 0 Å². The monoisotopic (exact) mass is 358 g/mol. The fourth-order valence-corrected chi connectivity index (χ4v) is 4.63. The van der Waals surface area contributed by atoms with E-state index >= 15 is 0 Å². The predicted molar refractivity (Wildman–Crippen MR) is 105 cm³/mol. The summed E-state index contributed by atoms with van der Waals surface area (Å²) in [5.41, 5.74) is 1.93. The lowest BCUT2D eigenvalue weighted by Gasteiger charge is -2.36. The SMILES string of the molecule is O=c1[nH]c2ccccc2n1C1CCN(C(=S)NC2CCCCC2)CC1. The number of imidazole rings is 1. The van der Waals surface area contributed by atoms with Crippen molar-refractivity contribution in [3.63, 3.8) is 0 Å². The van der Waals surface area contributed by atoms with Gasteiger partial charge in [-0.15, -0.1) is 0 Å². The summed E-state index contributed by atoms with van der Waals surface area (Å²) < 4.78 is 1.93. The summed E-state index contributed by atoms with van der Waals surface area (Å²) in [6.45, 7) is 1.82. The molecule has 0 amide bonds. The zero-order valence-corrected chi connectivity index (χ0v) is 15.4. The van der Waals surface area contributed by atoms with E-state index in [0.717, 1.165) is 42.1 Å². The molecule has 134 valence electrons. The molecule has 1 aliphatic heterocycles. The minimum absolute atomic E-state index is 0.00237. The van der Waals surface area contributed by atoms with Crippen LogP contribution in [-0.4, -0.2) is 38.7 Å². The van der Waals surface area contributed by atoms with E-state index in [1.54, 1.807) is 0 Å². The third kappa shape index (κ3) is 3.45. The number of para-hydroxylation sites is 2. The van der Waals surface area contributed by atoms with E-state index in [0.29, 0.717) is 6.04 Å². The molecule has 2 aromatic rings. The van der Waals surface area contributed by atoms with Crippen LogP contribution in [0, 0.1) is 0 Å². The van der Waals surface area contributed by atoms with Crippen molar-refractivity contribution in [1.82, 2.24) is 19.8 Å². The highest BCUT2D eigenvalue weighted by Crippen LogP contribution is 2.25. The fourth-order valence-electron chi connectivity index (χ4n) is 4.28. The van der Waals surface area contributed by atoms with Gasteiger partial charge in [-0.1, -0.05) is 31.4 Å². The molecular formula is C19H26N4OS. The van der Waals surface area contributed by atoms with Gasteiger partial charge in [0.15, 0.2) is 5.11 Å². The number of thiocarbonyl (C=S) groups is 1. The van der Waals surface area contributed by atoms with Crippen LogP contribution in [0.25, 0.3) is 11.0 Å². The van der Waals surface area contributed by atoms with Crippen LogP contribution in [-0.2, 0) is 0 Å². The first kappa shape index (κ1) is 16.6. The molecule has 6 heteroatoms. The number of hydrogen-bond donors (Lipinski definition) is 2. The van der Waals surface area contributed by atoms with Crippen molar-refractivity contribution in [1.29, 1.82) is 0 Å². The second-order valence-corrected chi connectivity index (χ2v) is 7.71. The van der Waals surface area contributed by atoms with Crippen molar-refractivity contribution in [2.24, 2.45) is 0 Å². The van der Waals surface area contributed by atoms with Gasteiger partial charge in [0.05, 0.1) is 11.0 Å². The van der Waals surface area contributed by atoms with E-state index in [2.05, 4.69) is 15.2 Å². The zero-order chi connectivity index (χ0) is 17.2. The molecule has 25 heavy (non-hydrogen) atoms. The Morgan fingerprint density at radius 2 is 1.80 bits per heavy atom. The van der Waals surface area contributed by atoms with Gasteiger partial charge < -0.3 is 15.2 Å². The third-order valence-electron chi connectivity index (χ3n) is 5.67. The summed E-state index contributed by atoms with van der Waals surface area (Å²) in [7, 11) is 0. The maximum Gasteiger partial charge on any atom is 0.326 e. The Bertz CT molecular complexity index is 797. The van der Waals surface area contributed by atoms with Gasteiger partial charge in [0.2, 0.25) is 0 Å². The highest BCUT2D eigenvalue weighted by atomic mass is 32.1. The lowest BCUT2D eigenvalue weighted by atomic mass is 9.96. The minimum atomic E-state index is 0.00237. The largest absolute Gasteiger partial charge is 0.360 e. The minimum Gasteiger partial charge on any atom is -0.360 e. The summed E-state index contributed by atoms with van der Waals surface area (Å²) in [5.74, 6) is 0. The molecule has 2 fully saturated rings. The van der Waals surface area contributed by atoms with Gasteiger partial charge >= 0.3 is 5.69 Å². The molecule has 0 atom stereocenters. The maximum atomic E-state index is 12.4. The van der Waals surface area contributed by atoms with Gasteiger partial charge in [-0.2, -0.15) is 0 Å². The van der Waals surface area contributed by atoms with Crippen molar-refractivity contribution in [3.8, 4) is 0 Å². The van der Waals surface area contributed by atoms with E-state index < -0.39 is 0 Å². The predicted octanol–water partition coefficient (Wildman–Crippen LogP) is 3.17. The number of aromatic nitrogens is 2. The highest BCUT2D eigenvalue weighted by molar-refractivity contribution is 7.80. The first-order valence-corrected chi connectivity index (χ1v) is 9.88. The Labute approximate surface area is 153 Å². The van der Waals surface area contributed by atoms with Crippen LogP contribution < -0.4 is 11.0 Å². The molecule has 1 saturated carbocycles. The summed E-state index contributed by atoms with van der Waals surface area (Å²) in [5, 5.41) is 4.46. The van der Waals surface area contributed by atoms with Gasteiger partial charge in [-0.05, 0) is 50.0 Å². The van der Waals surface area contributed by atoms with Crippen LogP contribution in [0.3, 0.4) is 0 Å². The van der Waals surface area contributed by atoms with Crippen molar-refractivity contribution in [3.05, 3.63) is 34.7 Å². The molecule has 1 aromatic carbocycles. The second kappa shape index (κ2) is 7.20. The Kier molecular flexibility index (Phi) is 4.79. The summed E-state index contributed by atoms with van der Waals surface area (Å²) in [4.78, 5) is 17.6. The summed E-state index contributed by atoms with van der Waals surface area (Å²) >= 11 is 5.64. The van der Waals surface area contributed by atoms with Crippen LogP contribution in [0.15, 0.2) is 29.1 Å². The van der Waals surface area contributed by atoms with Gasteiger partial charge in [0, 0.05) is 25.2 Å². The number of likely N-dealkylation sites (tertiary alicyclic amines) is 1. The average Bonchev–Trinajstić information content (AvgIpc) is 2.98. The molecule has 0 unspecified atom stereocenters. The molecule has 0 bridgehead atoms. The Balaban J connectivity index is 1.40. The quantitative estimate of drug-likeness (QED) is 0.810. The molecule has 5 nitrogen and oxygen atoms in total. The van der Waals surface area contributed by atoms with Gasteiger partial charge in [-0.25, -0.2) is 4.79 Å². The van der Waals surface area contributed by atoms with E-state index in [1.165, 1.54) is 32.1 Å². The number of fused-ring (bicyclic) bond motifs is 1. The van der Waals surface area contributed by atoms with Crippen LogP contribution >= 0.6 is 12.2 Å². The first-order chi connectivity index (χ1) is 12.2. The molecule has 2 N–H and O–H groups in total. The molecular weight excluding hydrogens is 332 g/mol. The number of rotatable bonds is 2. The van der Waals surface area contributed by atoms with Crippen molar-refractivity contribution in [2.75, 3.05) is 13.1 Å². The number of nitrogens with zero attached hydrogens (tertiary/aromatic N) is 2. The second-order valence-electron chi connectivity index (χ2n) is 7.32. The van der Waals surface area contributed by atoms with E-state index in [-0.39, 0.29) is 11.7 Å². The van der Waals surface area contributed by atoms with Crippen LogP contribution in [0.4, 0.5) is 0 Å². The number of nitrogens with one attached hydrogen (secondary N) is 2. The molecule has 1 aliphatic carbocycles. The van der Waals surface area contributed by atoms with Crippen LogP contribution in [0.1, 0.15) is 51.0 Å². The Morgan fingerprint density at radius 1 is 1.08 bits per heavy atom. The molecule has 1 saturated heterocycles. The number of benzene rings is 1. The Hall–Kier alpha value is -1.82. The smallest absolute Gasteiger partial charge is 0.326 e. The zero-order valence-electron chi connectivity index (χ0n) is 14.5. The van der Waals surface area contributed by atoms with Crippen molar-refractivity contribution >= 4 is 28.4 Å². The molecule has 2 heterocycles. The lowest BCUT2D eigenvalue weighted by molar-refractivity contribution is 0.260.